The Bertz CT molecular complexity index is 499. The number of rotatable bonds is 3. The molecular formula is C19H32N2O2. The van der Waals surface area contributed by atoms with Gasteiger partial charge in [0.2, 0.25) is 11.8 Å². The van der Waals surface area contributed by atoms with E-state index >= 15 is 0 Å². The molecule has 0 aromatic heterocycles. The van der Waals surface area contributed by atoms with Crippen LogP contribution in [-0.2, 0) is 9.59 Å². The van der Waals surface area contributed by atoms with E-state index in [9.17, 15) is 9.59 Å². The van der Waals surface area contributed by atoms with Gasteiger partial charge in [-0.3, -0.25) is 9.59 Å². The lowest BCUT2D eigenvalue weighted by atomic mass is 9.70. The molecule has 0 aromatic rings. The molecule has 1 unspecified atom stereocenters. The van der Waals surface area contributed by atoms with Crippen molar-refractivity contribution in [1.29, 1.82) is 0 Å². The molecular weight excluding hydrogens is 288 g/mol. The molecule has 0 bridgehead atoms. The van der Waals surface area contributed by atoms with E-state index in [1.807, 2.05) is 9.80 Å². The third-order valence-corrected chi connectivity index (χ3v) is 5.65. The Balaban J connectivity index is 1.97. The van der Waals surface area contributed by atoms with Crippen molar-refractivity contribution in [3.63, 3.8) is 0 Å². The number of hydrogen-bond acceptors (Lipinski definition) is 2. The molecule has 2 amide bonds. The van der Waals surface area contributed by atoms with Crippen LogP contribution in [0, 0.1) is 11.3 Å². The lowest BCUT2D eigenvalue weighted by molar-refractivity contribution is -0.141. The molecule has 23 heavy (non-hydrogen) atoms. The second-order valence-electron chi connectivity index (χ2n) is 7.93. The molecule has 0 aromatic carbocycles. The maximum absolute atomic E-state index is 12.8. The smallest absolute Gasteiger partial charge is 0.225 e. The normalized spacial score (nSPS) is 23.0. The van der Waals surface area contributed by atoms with Gasteiger partial charge in [0, 0.05) is 39.0 Å². The van der Waals surface area contributed by atoms with Gasteiger partial charge in [-0.15, -0.1) is 0 Å². The van der Waals surface area contributed by atoms with Crippen LogP contribution in [0.5, 0.6) is 0 Å². The zero-order valence-electron chi connectivity index (χ0n) is 15.4. The highest BCUT2D eigenvalue weighted by atomic mass is 16.2. The van der Waals surface area contributed by atoms with E-state index in [2.05, 4.69) is 27.7 Å². The van der Waals surface area contributed by atoms with Gasteiger partial charge in [0.25, 0.3) is 0 Å². The van der Waals surface area contributed by atoms with E-state index in [1.54, 1.807) is 6.92 Å². The molecule has 2 rings (SSSR count). The van der Waals surface area contributed by atoms with Crippen LogP contribution in [0.15, 0.2) is 11.1 Å². The quantitative estimate of drug-likeness (QED) is 0.749. The summed E-state index contributed by atoms with van der Waals surface area (Å²) in [5.41, 5.74) is 3.21. The summed E-state index contributed by atoms with van der Waals surface area (Å²) in [7, 11) is 0. The van der Waals surface area contributed by atoms with Gasteiger partial charge in [-0.25, -0.2) is 0 Å². The highest BCUT2D eigenvalue weighted by Crippen LogP contribution is 2.43. The van der Waals surface area contributed by atoms with Gasteiger partial charge in [-0.1, -0.05) is 31.9 Å². The molecule has 1 aliphatic carbocycles. The molecule has 0 radical (unpaired) electrons. The van der Waals surface area contributed by atoms with Crippen LogP contribution >= 0.6 is 0 Å². The number of piperazine rings is 1. The summed E-state index contributed by atoms with van der Waals surface area (Å²) in [4.78, 5) is 27.9. The summed E-state index contributed by atoms with van der Waals surface area (Å²) in [6.07, 6.45) is 4.54. The van der Waals surface area contributed by atoms with E-state index in [0.717, 1.165) is 6.42 Å². The SMILES string of the molecule is CC(=O)N1CCN(C(=O)C(C)CC2=C(C)CCCC2(C)C)CC1. The minimum Gasteiger partial charge on any atom is -0.339 e. The number of carbonyl (C=O) groups excluding carboxylic acids is 2. The summed E-state index contributed by atoms with van der Waals surface area (Å²) in [6.45, 7) is 13.2. The summed E-state index contributed by atoms with van der Waals surface area (Å²) in [5.74, 6) is 0.381. The van der Waals surface area contributed by atoms with Gasteiger partial charge in [0.1, 0.15) is 0 Å². The summed E-state index contributed by atoms with van der Waals surface area (Å²) in [5, 5.41) is 0. The fourth-order valence-corrected chi connectivity index (χ4v) is 4.07. The summed E-state index contributed by atoms with van der Waals surface area (Å²) < 4.78 is 0. The topological polar surface area (TPSA) is 40.6 Å². The lowest BCUT2D eigenvalue weighted by Crippen LogP contribution is -2.51. The van der Waals surface area contributed by atoms with Crippen molar-refractivity contribution in [3.05, 3.63) is 11.1 Å². The van der Waals surface area contributed by atoms with Crippen LogP contribution in [0.25, 0.3) is 0 Å². The summed E-state index contributed by atoms with van der Waals surface area (Å²) in [6, 6.07) is 0. The van der Waals surface area contributed by atoms with E-state index in [-0.39, 0.29) is 23.1 Å². The van der Waals surface area contributed by atoms with Crippen LogP contribution in [0.1, 0.15) is 60.3 Å². The molecule has 0 saturated carbocycles. The molecule has 1 saturated heterocycles. The molecule has 4 nitrogen and oxygen atoms in total. The van der Waals surface area contributed by atoms with Crippen molar-refractivity contribution < 1.29 is 9.59 Å². The first-order valence-electron chi connectivity index (χ1n) is 8.96. The first-order chi connectivity index (χ1) is 10.7. The minimum absolute atomic E-state index is 0.0289. The van der Waals surface area contributed by atoms with Gasteiger partial charge < -0.3 is 9.80 Å². The first-order valence-corrected chi connectivity index (χ1v) is 8.96. The van der Waals surface area contributed by atoms with E-state index in [0.29, 0.717) is 26.2 Å². The average Bonchev–Trinajstić information content (AvgIpc) is 2.50. The minimum atomic E-state index is 0.0289. The third kappa shape index (κ3) is 4.15. The molecule has 0 N–H and O–H groups in total. The van der Waals surface area contributed by atoms with Crippen molar-refractivity contribution in [1.82, 2.24) is 9.80 Å². The second-order valence-corrected chi connectivity index (χ2v) is 7.93. The van der Waals surface area contributed by atoms with E-state index in [4.69, 9.17) is 0 Å². The lowest BCUT2D eigenvalue weighted by Gasteiger charge is -2.38. The van der Waals surface area contributed by atoms with Crippen molar-refractivity contribution in [2.75, 3.05) is 26.2 Å². The number of nitrogens with zero attached hydrogens (tertiary/aromatic N) is 2. The number of carbonyl (C=O) groups is 2. The zero-order valence-corrected chi connectivity index (χ0v) is 15.4. The first kappa shape index (κ1) is 18.0. The fourth-order valence-electron chi connectivity index (χ4n) is 4.07. The summed E-state index contributed by atoms with van der Waals surface area (Å²) >= 11 is 0. The molecule has 1 heterocycles. The fraction of sp³-hybridized carbons (Fsp3) is 0.789. The number of amides is 2. The van der Waals surface area contributed by atoms with Crippen LogP contribution in [0.4, 0.5) is 0 Å². The third-order valence-electron chi connectivity index (χ3n) is 5.65. The predicted molar refractivity (Wildman–Crippen MR) is 92.9 cm³/mol. The molecule has 0 spiro atoms. The average molecular weight is 320 g/mol. The highest BCUT2D eigenvalue weighted by Gasteiger charge is 2.32. The predicted octanol–water partition coefficient (Wildman–Crippen LogP) is 3.23. The molecule has 2 aliphatic rings. The Morgan fingerprint density at radius 1 is 1.13 bits per heavy atom. The van der Waals surface area contributed by atoms with Gasteiger partial charge in [0.15, 0.2) is 0 Å². The monoisotopic (exact) mass is 320 g/mol. The molecule has 4 heteroatoms. The van der Waals surface area contributed by atoms with Crippen LogP contribution in [-0.4, -0.2) is 47.8 Å². The maximum Gasteiger partial charge on any atom is 0.225 e. The van der Waals surface area contributed by atoms with Crippen molar-refractivity contribution >= 4 is 11.8 Å². The second kappa shape index (κ2) is 7.06. The zero-order chi connectivity index (χ0) is 17.2. The Hall–Kier alpha value is -1.32. The Morgan fingerprint density at radius 3 is 2.22 bits per heavy atom. The number of hydrogen-bond donors (Lipinski definition) is 0. The molecule has 130 valence electrons. The molecule has 1 fully saturated rings. The van der Waals surface area contributed by atoms with E-state index in [1.165, 1.54) is 30.4 Å². The largest absolute Gasteiger partial charge is 0.339 e. The molecule has 1 aliphatic heterocycles. The van der Waals surface area contributed by atoms with Crippen LogP contribution in [0.2, 0.25) is 0 Å². The Morgan fingerprint density at radius 2 is 1.70 bits per heavy atom. The Kier molecular flexibility index (Phi) is 5.53. The van der Waals surface area contributed by atoms with Crippen LogP contribution in [0.3, 0.4) is 0 Å². The van der Waals surface area contributed by atoms with Gasteiger partial charge in [-0.05, 0) is 38.0 Å². The standard InChI is InChI=1S/C19H32N2O2/c1-14-7-6-8-19(4,5)17(14)13-15(2)18(23)21-11-9-20(10-12-21)16(3)22/h15H,6-13H2,1-5H3. The van der Waals surface area contributed by atoms with Gasteiger partial charge >= 0.3 is 0 Å². The molecule has 1 atom stereocenters. The van der Waals surface area contributed by atoms with Crippen LogP contribution < -0.4 is 0 Å². The van der Waals surface area contributed by atoms with E-state index < -0.39 is 0 Å². The van der Waals surface area contributed by atoms with Gasteiger partial charge in [0.05, 0.1) is 0 Å². The Labute approximate surface area is 140 Å². The highest BCUT2D eigenvalue weighted by molar-refractivity contribution is 5.79. The van der Waals surface area contributed by atoms with Gasteiger partial charge in [-0.2, -0.15) is 0 Å². The maximum atomic E-state index is 12.8. The van der Waals surface area contributed by atoms with Crippen molar-refractivity contribution in [3.8, 4) is 0 Å². The van der Waals surface area contributed by atoms with Crippen molar-refractivity contribution in [2.45, 2.75) is 60.3 Å². The van der Waals surface area contributed by atoms with Crippen molar-refractivity contribution in [2.24, 2.45) is 11.3 Å². The number of allylic oxidation sites excluding steroid dienone is 2.